The van der Waals surface area contributed by atoms with Crippen molar-refractivity contribution >= 4 is 21.6 Å². The maximum atomic E-state index is 11.7. The smallest absolute Gasteiger partial charge is 0.214 e. The van der Waals surface area contributed by atoms with E-state index in [9.17, 15) is 8.42 Å². The maximum Gasteiger partial charge on any atom is 0.214 e. The summed E-state index contributed by atoms with van der Waals surface area (Å²) in [6.45, 7) is 1.93. The molecule has 0 aromatic heterocycles. The molecule has 17 heavy (non-hydrogen) atoms. The third-order valence-electron chi connectivity index (χ3n) is 2.28. The average molecular weight is 278 g/mol. The zero-order valence-electron chi connectivity index (χ0n) is 9.81. The third-order valence-corrected chi connectivity index (χ3v) is 4.05. The molecule has 0 aliphatic rings. The summed E-state index contributed by atoms with van der Waals surface area (Å²) in [7, 11) is -1.88. The molecule has 1 rings (SSSR count). The van der Waals surface area contributed by atoms with E-state index in [0.717, 1.165) is 5.56 Å². The van der Waals surface area contributed by atoms with Crippen LogP contribution in [0.15, 0.2) is 24.3 Å². The molecule has 4 nitrogen and oxygen atoms in total. The molecule has 0 heterocycles. The molecule has 0 unspecified atom stereocenters. The van der Waals surface area contributed by atoms with E-state index >= 15 is 0 Å². The number of halogens is 1. The van der Waals surface area contributed by atoms with E-state index in [-0.39, 0.29) is 18.4 Å². The predicted octanol–water partition coefficient (Wildman–Crippen LogP) is 1.97. The molecular formula is C11H16ClNO3S. The zero-order valence-corrected chi connectivity index (χ0v) is 11.4. The maximum absolute atomic E-state index is 11.7. The van der Waals surface area contributed by atoms with E-state index in [1.165, 1.54) is 7.11 Å². The lowest BCUT2D eigenvalue weighted by Gasteiger charge is -2.15. The van der Waals surface area contributed by atoms with Crippen molar-refractivity contribution in [3.05, 3.63) is 34.9 Å². The molecule has 0 spiro atoms. The van der Waals surface area contributed by atoms with Gasteiger partial charge in [0, 0.05) is 18.2 Å². The van der Waals surface area contributed by atoms with Gasteiger partial charge in [0.15, 0.2) is 0 Å². The SMILES string of the molecule is COCCS(=O)(=O)N[C@@H](C)c1ccccc1Cl. The van der Waals surface area contributed by atoms with E-state index in [1.807, 2.05) is 6.07 Å². The summed E-state index contributed by atoms with van der Waals surface area (Å²) in [5.41, 5.74) is 0.759. The van der Waals surface area contributed by atoms with Crippen LogP contribution < -0.4 is 4.72 Å². The number of sulfonamides is 1. The molecule has 0 fully saturated rings. The molecule has 1 N–H and O–H groups in total. The first kappa shape index (κ1) is 14.4. The standard InChI is InChI=1S/C11H16ClNO3S/c1-9(10-5-3-4-6-11(10)12)13-17(14,15)8-7-16-2/h3-6,9,13H,7-8H2,1-2H3/t9-/m0/s1. The number of rotatable bonds is 6. The number of hydrogen-bond acceptors (Lipinski definition) is 3. The first-order valence-electron chi connectivity index (χ1n) is 5.19. The Morgan fingerprint density at radius 2 is 2.06 bits per heavy atom. The first-order valence-corrected chi connectivity index (χ1v) is 7.22. The molecule has 0 radical (unpaired) electrons. The molecule has 0 amide bonds. The van der Waals surface area contributed by atoms with Crippen molar-refractivity contribution in [2.45, 2.75) is 13.0 Å². The summed E-state index contributed by atoms with van der Waals surface area (Å²) in [6.07, 6.45) is 0. The van der Waals surface area contributed by atoms with Crippen LogP contribution in [0.3, 0.4) is 0 Å². The molecule has 0 aliphatic heterocycles. The molecule has 0 aliphatic carbocycles. The number of nitrogens with one attached hydrogen (secondary N) is 1. The third kappa shape index (κ3) is 4.63. The fourth-order valence-corrected chi connectivity index (χ4v) is 2.88. The van der Waals surface area contributed by atoms with Gasteiger partial charge in [-0.25, -0.2) is 13.1 Å². The second-order valence-electron chi connectivity index (χ2n) is 3.67. The van der Waals surface area contributed by atoms with Gasteiger partial charge in [-0.05, 0) is 18.6 Å². The van der Waals surface area contributed by atoms with Crippen molar-refractivity contribution in [1.82, 2.24) is 4.72 Å². The molecule has 0 bridgehead atoms. The topological polar surface area (TPSA) is 55.4 Å². The highest BCUT2D eigenvalue weighted by molar-refractivity contribution is 7.89. The van der Waals surface area contributed by atoms with Gasteiger partial charge in [-0.1, -0.05) is 29.8 Å². The van der Waals surface area contributed by atoms with Crippen LogP contribution in [0, 0.1) is 0 Å². The van der Waals surface area contributed by atoms with Crippen LogP contribution in [0.4, 0.5) is 0 Å². The summed E-state index contributed by atoms with van der Waals surface area (Å²) in [5, 5.41) is 0.550. The van der Waals surface area contributed by atoms with Gasteiger partial charge in [-0.2, -0.15) is 0 Å². The Morgan fingerprint density at radius 3 is 2.65 bits per heavy atom. The Labute approximate surface area is 107 Å². The quantitative estimate of drug-likeness (QED) is 0.865. The molecule has 0 saturated heterocycles. The van der Waals surface area contributed by atoms with E-state index in [2.05, 4.69) is 4.72 Å². The molecule has 1 aromatic carbocycles. The second kappa shape index (κ2) is 6.35. The monoisotopic (exact) mass is 277 g/mol. The zero-order chi connectivity index (χ0) is 12.9. The Bertz CT molecular complexity index is 462. The first-order chi connectivity index (χ1) is 7.96. The van der Waals surface area contributed by atoms with Crippen LogP contribution in [0.25, 0.3) is 0 Å². The second-order valence-corrected chi connectivity index (χ2v) is 5.95. The summed E-state index contributed by atoms with van der Waals surface area (Å²) >= 11 is 5.99. The van der Waals surface area contributed by atoms with Crippen molar-refractivity contribution in [2.24, 2.45) is 0 Å². The summed E-state index contributed by atoms with van der Waals surface area (Å²) in [6, 6.07) is 6.80. The van der Waals surface area contributed by atoms with Crippen LogP contribution >= 0.6 is 11.6 Å². The predicted molar refractivity (Wildman–Crippen MR) is 68.7 cm³/mol. The molecule has 1 atom stereocenters. The minimum absolute atomic E-state index is 0.0572. The molecular weight excluding hydrogens is 262 g/mol. The Balaban J connectivity index is 2.73. The van der Waals surface area contributed by atoms with Gasteiger partial charge < -0.3 is 4.74 Å². The number of benzene rings is 1. The number of ether oxygens (including phenoxy) is 1. The summed E-state index contributed by atoms with van der Waals surface area (Å²) < 4.78 is 30.6. The highest BCUT2D eigenvalue weighted by atomic mass is 35.5. The number of hydrogen-bond donors (Lipinski definition) is 1. The van der Waals surface area contributed by atoms with Gasteiger partial charge in [-0.15, -0.1) is 0 Å². The molecule has 0 saturated carbocycles. The summed E-state index contributed by atoms with van der Waals surface area (Å²) in [5.74, 6) is -0.0572. The van der Waals surface area contributed by atoms with Gasteiger partial charge in [0.2, 0.25) is 10.0 Å². The van der Waals surface area contributed by atoms with Crippen molar-refractivity contribution in [3.63, 3.8) is 0 Å². The van der Waals surface area contributed by atoms with Crippen molar-refractivity contribution in [2.75, 3.05) is 19.5 Å². The van der Waals surface area contributed by atoms with Gasteiger partial charge in [0.25, 0.3) is 0 Å². The highest BCUT2D eigenvalue weighted by Crippen LogP contribution is 2.22. The van der Waals surface area contributed by atoms with Crippen LogP contribution in [-0.2, 0) is 14.8 Å². The van der Waals surface area contributed by atoms with E-state index in [4.69, 9.17) is 16.3 Å². The van der Waals surface area contributed by atoms with Gasteiger partial charge in [-0.3, -0.25) is 0 Å². The Hall–Kier alpha value is -0.620. The lowest BCUT2D eigenvalue weighted by atomic mass is 10.1. The number of methoxy groups -OCH3 is 1. The minimum atomic E-state index is -3.34. The highest BCUT2D eigenvalue weighted by Gasteiger charge is 2.16. The lowest BCUT2D eigenvalue weighted by molar-refractivity contribution is 0.216. The van der Waals surface area contributed by atoms with Crippen molar-refractivity contribution < 1.29 is 13.2 Å². The van der Waals surface area contributed by atoms with Gasteiger partial charge in [0.05, 0.1) is 12.4 Å². The Morgan fingerprint density at radius 1 is 1.41 bits per heavy atom. The van der Waals surface area contributed by atoms with Crippen LogP contribution in [0.2, 0.25) is 5.02 Å². The van der Waals surface area contributed by atoms with Crippen LogP contribution in [0.5, 0.6) is 0 Å². The van der Waals surface area contributed by atoms with E-state index in [0.29, 0.717) is 5.02 Å². The van der Waals surface area contributed by atoms with Crippen LogP contribution in [-0.4, -0.2) is 27.9 Å². The Kier molecular flexibility index (Phi) is 5.39. The van der Waals surface area contributed by atoms with Gasteiger partial charge >= 0.3 is 0 Å². The van der Waals surface area contributed by atoms with E-state index < -0.39 is 10.0 Å². The minimum Gasteiger partial charge on any atom is -0.384 e. The van der Waals surface area contributed by atoms with Crippen molar-refractivity contribution in [3.8, 4) is 0 Å². The molecule has 96 valence electrons. The van der Waals surface area contributed by atoms with E-state index in [1.54, 1.807) is 25.1 Å². The molecule has 1 aromatic rings. The van der Waals surface area contributed by atoms with Gasteiger partial charge in [0.1, 0.15) is 0 Å². The lowest BCUT2D eigenvalue weighted by Crippen LogP contribution is -2.30. The largest absolute Gasteiger partial charge is 0.384 e. The van der Waals surface area contributed by atoms with Crippen LogP contribution in [0.1, 0.15) is 18.5 Å². The molecule has 6 heteroatoms. The summed E-state index contributed by atoms with van der Waals surface area (Å²) in [4.78, 5) is 0. The fourth-order valence-electron chi connectivity index (χ4n) is 1.41. The normalized spacial score (nSPS) is 13.6. The average Bonchev–Trinajstić information content (AvgIpc) is 2.26. The van der Waals surface area contributed by atoms with Crippen molar-refractivity contribution in [1.29, 1.82) is 0 Å². The fraction of sp³-hybridized carbons (Fsp3) is 0.455.